The van der Waals surface area contributed by atoms with E-state index in [-0.39, 0.29) is 0 Å². The van der Waals surface area contributed by atoms with Crippen LogP contribution in [0.3, 0.4) is 0 Å². The molecule has 0 heterocycles. The topological polar surface area (TPSA) is 12.0 Å². The van der Waals surface area contributed by atoms with E-state index in [1.165, 1.54) is 30.6 Å². The molecule has 1 aliphatic carbocycles. The molecule has 1 N–H and O–H groups in total. The minimum Gasteiger partial charge on any atom is -0.313 e. The predicted molar refractivity (Wildman–Crippen MR) is 72.0 cm³/mol. The van der Waals surface area contributed by atoms with Crippen LogP contribution in [0.25, 0.3) is 0 Å². The summed E-state index contributed by atoms with van der Waals surface area (Å²) < 4.78 is 0. The summed E-state index contributed by atoms with van der Waals surface area (Å²) in [5, 5.41) is 4.39. The summed E-state index contributed by atoms with van der Waals surface area (Å²) in [6.07, 6.45) is 5.49. The lowest BCUT2D eigenvalue weighted by atomic mass is 9.95. The van der Waals surface area contributed by atoms with Crippen LogP contribution in [-0.4, -0.2) is 17.8 Å². The van der Waals surface area contributed by atoms with Gasteiger partial charge in [-0.25, -0.2) is 0 Å². The molecule has 0 saturated heterocycles. The van der Waals surface area contributed by atoms with Gasteiger partial charge >= 0.3 is 0 Å². The number of nitrogens with one attached hydrogen (secondary N) is 1. The molecule has 2 rings (SSSR count). The molecular weight excluding hydrogens is 214 g/mol. The maximum atomic E-state index is 3.63. The first-order valence-corrected chi connectivity index (χ1v) is 7.23. The molecule has 2 heteroatoms. The molecule has 1 aromatic rings. The summed E-state index contributed by atoms with van der Waals surface area (Å²) in [6, 6.07) is 11.5. The van der Waals surface area contributed by atoms with E-state index >= 15 is 0 Å². The smallest absolute Gasteiger partial charge is 0.0248 e. The van der Waals surface area contributed by atoms with Crippen LogP contribution in [0.4, 0.5) is 0 Å². The van der Waals surface area contributed by atoms with Gasteiger partial charge in [0.05, 0.1) is 0 Å². The lowest BCUT2D eigenvalue weighted by Gasteiger charge is -2.31. The average Bonchev–Trinajstić information content (AvgIpc) is 2.33. The highest BCUT2D eigenvalue weighted by Crippen LogP contribution is 2.33. The molecule has 16 heavy (non-hydrogen) atoms. The van der Waals surface area contributed by atoms with Gasteiger partial charge < -0.3 is 5.32 Å². The van der Waals surface area contributed by atoms with E-state index in [1.807, 2.05) is 0 Å². The fraction of sp³-hybridized carbons (Fsp3) is 0.571. The van der Waals surface area contributed by atoms with E-state index in [1.54, 1.807) is 0 Å². The Kier molecular flexibility index (Phi) is 4.73. The van der Waals surface area contributed by atoms with Gasteiger partial charge in [-0.2, -0.15) is 0 Å². The van der Waals surface area contributed by atoms with Crippen LogP contribution in [0.2, 0.25) is 0 Å². The van der Waals surface area contributed by atoms with Crippen molar-refractivity contribution in [2.75, 3.05) is 6.54 Å². The normalized spacial score (nSPS) is 25.6. The van der Waals surface area contributed by atoms with Crippen LogP contribution in [0, 0.1) is 0 Å². The van der Waals surface area contributed by atoms with Gasteiger partial charge in [-0.3, -0.25) is 0 Å². The first kappa shape index (κ1) is 12.0. The highest BCUT2D eigenvalue weighted by atomic mass is 32.2. The molecule has 0 spiro atoms. The third-order valence-corrected chi connectivity index (χ3v) is 4.61. The molecular formula is C14H21NS. The number of rotatable bonds is 4. The first-order valence-electron chi connectivity index (χ1n) is 6.35. The molecule has 1 nitrogen and oxygen atoms in total. The Balaban J connectivity index is 1.96. The number of benzene rings is 1. The van der Waals surface area contributed by atoms with Gasteiger partial charge in [-0.1, -0.05) is 38.0 Å². The van der Waals surface area contributed by atoms with Gasteiger partial charge in [0.15, 0.2) is 0 Å². The Morgan fingerprint density at radius 3 is 2.69 bits per heavy atom. The molecule has 0 amide bonds. The Bertz CT molecular complexity index is 297. The quantitative estimate of drug-likeness (QED) is 0.854. The van der Waals surface area contributed by atoms with E-state index in [2.05, 4.69) is 54.3 Å². The third kappa shape index (κ3) is 3.26. The maximum absolute atomic E-state index is 3.63. The van der Waals surface area contributed by atoms with Crippen molar-refractivity contribution in [3.63, 3.8) is 0 Å². The fourth-order valence-electron chi connectivity index (χ4n) is 2.41. The van der Waals surface area contributed by atoms with Crippen molar-refractivity contribution < 1.29 is 0 Å². The molecule has 1 fully saturated rings. The van der Waals surface area contributed by atoms with E-state index in [9.17, 15) is 0 Å². The molecule has 0 radical (unpaired) electrons. The van der Waals surface area contributed by atoms with Crippen LogP contribution in [0.15, 0.2) is 35.2 Å². The van der Waals surface area contributed by atoms with Crippen molar-refractivity contribution in [2.45, 2.75) is 48.8 Å². The average molecular weight is 235 g/mol. The summed E-state index contributed by atoms with van der Waals surface area (Å²) in [4.78, 5) is 1.41. The van der Waals surface area contributed by atoms with E-state index in [0.717, 1.165) is 11.8 Å². The lowest BCUT2D eigenvalue weighted by molar-refractivity contribution is 0.391. The standard InChI is InChI=1S/C14H21NS/c1-2-15-13-10-6-7-11-14(13)16-12-8-4-3-5-9-12/h3-5,8-9,13-15H,2,6-7,10-11H2,1H3. The van der Waals surface area contributed by atoms with Crippen LogP contribution in [-0.2, 0) is 0 Å². The largest absolute Gasteiger partial charge is 0.313 e. The SMILES string of the molecule is CCNC1CCCCC1Sc1ccccc1. The second kappa shape index (κ2) is 6.31. The summed E-state index contributed by atoms with van der Waals surface area (Å²) in [5.41, 5.74) is 0. The number of hydrogen-bond acceptors (Lipinski definition) is 2. The van der Waals surface area contributed by atoms with Crippen molar-refractivity contribution in [3.05, 3.63) is 30.3 Å². The molecule has 2 atom stereocenters. The van der Waals surface area contributed by atoms with Crippen molar-refractivity contribution >= 4 is 11.8 Å². The summed E-state index contributed by atoms with van der Waals surface area (Å²) in [7, 11) is 0. The predicted octanol–water partition coefficient (Wildman–Crippen LogP) is 3.70. The van der Waals surface area contributed by atoms with Crippen LogP contribution >= 0.6 is 11.8 Å². The Hall–Kier alpha value is -0.470. The van der Waals surface area contributed by atoms with Crippen molar-refractivity contribution in [1.29, 1.82) is 0 Å². The molecule has 0 aromatic heterocycles. The van der Waals surface area contributed by atoms with Crippen molar-refractivity contribution in [2.24, 2.45) is 0 Å². The third-order valence-electron chi connectivity index (χ3n) is 3.20. The zero-order valence-electron chi connectivity index (χ0n) is 9.99. The molecule has 1 aromatic carbocycles. The molecule has 0 bridgehead atoms. The van der Waals surface area contributed by atoms with Crippen LogP contribution in [0.5, 0.6) is 0 Å². The Morgan fingerprint density at radius 1 is 1.19 bits per heavy atom. The van der Waals surface area contributed by atoms with Gasteiger partial charge in [-0.05, 0) is 31.5 Å². The first-order chi connectivity index (χ1) is 7.90. The summed E-state index contributed by atoms with van der Waals surface area (Å²) in [6.45, 7) is 3.30. The van der Waals surface area contributed by atoms with Crippen LogP contribution < -0.4 is 5.32 Å². The van der Waals surface area contributed by atoms with Crippen LogP contribution in [0.1, 0.15) is 32.6 Å². The lowest BCUT2D eigenvalue weighted by Crippen LogP contribution is -2.40. The molecule has 88 valence electrons. The van der Waals surface area contributed by atoms with E-state index < -0.39 is 0 Å². The Morgan fingerprint density at radius 2 is 1.94 bits per heavy atom. The van der Waals surface area contributed by atoms with Gasteiger partial charge in [0.25, 0.3) is 0 Å². The van der Waals surface area contributed by atoms with E-state index in [0.29, 0.717) is 6.04 Å². The highest BCUT2D eigenvalue weighted by molar-refractivity contribution is 8.00. The Labute approximate surface area is 103 Å². The number of hydrogen-bond donors (Lipinski definition) is 1. The molecule has 0 aliphatic heterocycles. The maximum Gasteiger partial charge on any atom is 0.0248 e. The van der Waals surface area contributed by atoms with E-state index in [4.69, 9.17) is 0 Å². The highest BCUT2D eigenvalue weighted by Gasteiger charge is 2.24. The van der Waals surface area contributed by atoms with Crippen molar-refractivity contribution in [1.82, 2.24) is 5.32 Å². The number of thioether (sulfide) groups is 1. The van der Waals surface area contributed by atoms with Gasteiger partial charge in [0.1, 0.15) is 0 Å². The zero-order valence-corrected chi connectivity index (χ0v) is 10.8. The van der Waals surface area contributed by atoms with Crippen molar-refractivity contribution in [3.8, 4) is 0 Å². The minimum absolute atomic E-state index is 0.712. The second-order valence-corrected chi connectivity index (χ2v) is 5.73. The second-order valence-electron chi connectivity index (χ2n) is 4.42. The summed E-state index contributed by atoms with van der Waals surface area (Å²) in [5.74, 6) is 0. The zero-order chi connectivity index (χ0) is 11.2. The molecule has 1 aliphatic rings. The molecule has 2 unspecified atom stereocenters. The van der Waals surface area contributed by atoms with Gasteiger partial charge in [0, 0.05) is 16.2 Å². The monoisotopic (exact) mass is 235 g/mol. The summed E-state index contributed by atoms with van der Waals surface area (Å²) >= 11 is 2.05. The fourth-order valence-corrected chi connectivity index (χ4v) is 3.75. The van der Waals surface area contributed by atoms with Gasteiger partial charge in [0.2, 0.25) is 0 Å². The minimum atomic E-state index is 0.712. The molecule has 1 saturated carbocycles. The van der Waals surface area contributed by atoms with Gasteiger partial charge in [-0.15, -0.1) is 11.8 Å².